The molecule has 8 aromatic carbocycles. The van der Waals surface area contributed by atoms with Gasteiger partial charge in [-0.3, -0.25) is 0 Å². The van der Waals surface area contributed by atoms with Crippen LogP contribution in [-0.4, -0.2) is 27.9 Å². The van der Waals surface area contributed by atoms with Crippen LogP contribution in [0.15, 0.2) is 222 Å². The lowest BCUT2D eigenvalue weighted by molar-refractivity contribution is 0.215. The standard InChI is InChI=1S/C116H143BN4/c1-109(2,3)78-44-36-73(37-45-78)88-32-28-33-89(74-38-46-79(47-39-74)110(4,5)6)107(88)120-102-70-86(118-98-60-52-82(113(13,14)15)66-92(98)93-67-83(114(16,17)18)53-61-99(93)118)56-58-96(102)117-97-59-57-87(119-100-62-54-84(115(19,20)21)68-94(100)95-69-85(116(22,23)24)55-63-101(95)119)71-103(97)121(105-65-77(64-104(120)106(105)117)72-30-26-25-27-31-72)108-90(75-40-48-80(49-41-75)111(7,8)9)34-29-35-91(108)76-42-50-81(51-43-76)112(10,11)12/h25-27,30-32,34,38,42,44,48,52-71,73,75,79,81,89,91,107-108H,28-29,33,35-37,39-41,43,45-47,49-51H2,1-24H3. The molecular formula is C116H143BN4. The summed E-state index contributed by atoms with van der Waals surface area (Å²) >= 11 is 0. The first kappa shape index (κ1) is 83.4. The summed E-state index contributed by atoms with van der Waals surface area (Å²) in [7, 11) is 0. The Hall–Kier alpha value is -8.54. The van der Waals surface area contributed by atoms with Crippen LogP contribution in [0.4, 0.5) is 22.7 Å². The minimum Gasteiger partial charge on any atom is -0.334 e. The van der Waals surface area contributed by atoms with Gasteiger partial charge in [0.1, 0.15) is 0 Å². The molecule has 0 fully saturated rings. The number of fused-ring (bicyclic) bond motifs is 10. The lowest BCUT2D eigenvalue weighted by Gasteiger charge is -2.54. The van der Waals surface area contributed by atoms with Crippen molar-refractivity contribution in [1.82, 2.24) is 9.13 Å². The van der Waals surface area contributed by atoms with Crippen molar-refractivity contribution >= 4 is 89.5 Å². The average Bonchev–Trinajstić information content (AvgIpc) is 0.777. The second kappa shape index (κ2) is 30.1. The van der Waals surface area contributed by atoms with E-state index in [2.05, 4.69) is 373 Å². The maximum absolute atomic E-state index is 3.12. The van der Waals surface area contributed by atoms with Crippen LogP contribution in [0.3, 0.4) is 0 Å². The molecule has 8 aliphatic rings. The molecule has 6 aliphatic carbocycles. The van der Waals surface area contributed by atoms with E-state index in [-0.39, 0.29) is 62.1 Å². The Morgan fingerprint density at radius 3 is 0.975 bits per heavy atom. The van der Waals surface area contributed by atoms with Crippen molar-refractivity contribution < 1.29 is 0 Å². The van der Waals surface area contributed by atoms with Crippen molar-refractivity contribution in [2.24, 2.45) is 57.2 Å². The van der Waals surface area contributed by atoms with Gasteiger partial charge in [-0.1, -0.05) is 292 Å². The largest absolute Gasteiger partial charge is 0.334 e. The highest BCUT2D eigenvalue weighted by atomic mass is 15.2. The van der Waals surface area contributed by atoms with Crippen LogP contribution in [0.2, 0.25) is 0 Å². The number of aromatic nitrogens is 2. The van der Waals surface area contributed by atoms with E-state index in [9.17, 15) is 0 Å². The molecule has 4 nitrogen and oxygen atoms in total. The van der Waals surface area contributed by atoms with Gasteiger partial charge < -0.3 is 18.9 Å². The fourth-order valence-corrected chi connectivity index (χ4v) is 23.9. The van der Waals surface area contributed by atoms with Gasteiger partial charge in [0.15, 0.2) is 0 Å². The minimum atomic E-state index is -0.107. The summed E-state index contributed by atoms with van der Waals surface area (Å²) in [5.74, 6) is 2.72. The number of benzene rings is 8. The Morgan fingerprint density at radius 2 is 0.669 bits per heavy atom. The summed E-state index contributed by atoms with van der Waals surface area (Å²) < 4.78 is 5.37. The van der Waals surface area contributed by atoms with Gasteiger partial charge in [-0.15, -0.1) is 0 Å². The highest BCUT2D eigenvalue weighted by molar-refractivity contribution is 7.00. The smallest absolute Gasteiger partial charge is 0.252 e. The number of allylic oxidation sites excluding steroid dienone is 8. The third-order valence-corrected chi connectivity index (χ3v) is 31.4. The van der Waals surface area contributed by atoms with Crippen LogP contribution >= 0.6 is 0 Å². The topological polar surface area (TPSA) is 16.3 Å². The zero-order chi connectivity index (χ0) is 85.5. The number of hydrogen-bond donors (Lipinski definition) is 0. The van der Waals surface area contributed by atoms with Crippen LogP contribution in [0.1, 0.15) is 291 Å². The van der Waals surface area contributed by atoms with Crippen LogP contribution in [0, 0.1) is 57.2 Å². The molecule has 630 valence electrons. The maximum Gasteiger partial charge on any atom is 0.252 e. The number of hydrogen-bond acceptors (Lipinski definition) is 2. The predicted molar refractivity (Wildman–Crippen MR) is 526 cm³/mol. The predicted octanol–water partition coefficient (Wildman–Crippen LogP) is 30.7. The highest BCUT2D eigenvalue weighted by Crippen LogP contribution is 2.57. The molecule has 8 atom stereocenters. The molecule has 8 unspecified atom stereocenters. The average molecular weight is 1600 g/mol. The molecule has 0 bridgehead atoms. The normalized spacial score (nSPS) is 22.9. The number of anilines is 4. The molecule has 121 heavy (non-hydrogen) atoms. The van der Waals surface area contributed by atoms with E-state index < -0.39 is 0 Å². The van der Waals surface area contributed by atoms with Gasteiger partial charge in [0.25, 0.3) is 6.71 Å². The van der Waals surface area contributed by atoms with Gasteiger partial charge in [0.05, 0.1) is 34.2 Å². The zero-order valence-electron chi connectivity index (χ0n) is 78.7. The molecule has 0 N–H and O–H groups in total. The summed E-state index contributed by atoms with van der Waals surface area (Å²) in [4.78, 5) is 6.25. The Kier molecular flexibility index (Phi) is 20.8. The summed E-state index contributed by atoms with van der Waals surface area (Å²) in [5.41, 5.74) is 36.1. The van der Waals surface area contributed by atoms with Crippen LogP contribution in [-0.2, 0) is 21.7 Å². The molecule has 0 radical (unpaired) electrons. The Morgan fingerprint density at radius 1 is 0.306 bits per heavy atom. The van der Waals surface area contributed by atoms with E-state index in [4.69, 9.17) is 0 Å². The van der Waals surface area contributed by atoms with Crippen molar-refractivity contribution in [2.75, 3.05) is 9.80 Å². The quantitative estimate of drug-likeness (QED) is 0.106. The van der Waals surface area contributed by atoms with Crippen molar-refractivity contribution in [3.63, 3.8) is 0 Å². The van der Waals surface area contributed by atoms with E-state index in [1.54, 1.807) is 33.4 Å². The van der Waals surface area contributed by atoms with Gasteiger partial charge in [-0.05, 0) is 316 Å². The Labute approximate surface area is 729 Å². The van der Waals surface area contributed by atoms with E-state index in [0.717, 1.165) is 77.0 Å². The molecule has 4 heterocycles. The van der Waals surface area contributed by atoms with Crippen molar-refractivity contribution in [1.29, 1.82) is 0 Å². The van der Waals surface area contributed by atoms with Crippen molar-refractivity contribution in [2.45, 2.75) is 303 Å². The van der Waals surface area contributed by atoms with Gasteiger partial charge in [0, 0.05) is 67.5 Å². The van der Waals surface area contributed by atoms with E-state index in [1.165, 1.54) is 153 Å². The lowest BCUT2D eigenvalue weighted by Crippen LogP contribution is -2.65. The van der Waals surface area contributed by atoms with Gasteiger partial charge in [0.2, 0.25) is 0 Å². The van der Waals surface area contributed by atoms with Crippen molar-refractivity contribution in [3.05, 3.63) is 244 Å². The first-order valence-electron chi connectivity index (χ1n) is 47.5. The van der Waals surface area contributed by atoms with Gasteiger partial charge in [-0.25, -0.2) is 0 Å². The molecule has 5 heteroatoms. The number of rotatable bonds is 9. The zero-order valence-corrected chi connectivity index (χ0v) is 78.7. The molecule has 2 aromatic heterocycles. The van der Waals surface area contributed by atoms with E-state index in [0.29, 0.717) is 35.5 Å². The van der Waals surface area contributed by atoms with Crippen LogP contribution in [0.25, 0.3) is 66.1 Å². The summed E-state index contributed by atoms with van der Waals surface area (Å²) in [5, 5.41) is 5.32. The van der Waals surface area contributed by atoms with Crippen molar-refractivity contribution in [3.8, 4) is 22.5 Å². The monoisotopic (exact) mass is 1600 g/mol. The number of nitrogens with zero attached hydrogens (tertiary/aromatic N) is 4. The van der Waals surface area contributed by atoms with Crippen LogP contribution in [0.5, 0.6) is 0 Å². The lowest BCUT2D eigenvalue weighted by atomic mass is 9.33. The molecule has 0 saturated carbocycles. The molecule has 0 amide bonds. The fraction of sp³-hybridized carbons (Fsp3) is 0.483. The van der Waals surface area contributed by atoms with Gasteiger partial charge in [-0.2, -0.15) is 0 Å². The molecule has 0 spiro atoms. The summed E-state index contributed by atoms with van der Waals surface area (Å²) in [6.07, 6.45) is 35.1. The van der Waals surface area contributed by atoms with Gasteiger partial charge >= 0.3 is 0 Å². The first-order chi connectivity index (χ1) is 57.1. The fourth-order valence-electron chi connectivity index (χ4n) is 23.9. The first-order valence-corrected chi connectivity index (χ1v) is 47.5. The Bertz CT molecular complexity index is 5460. The van der Waals surface area contributed by atoms with E-state index >= 15 is 0 Å². The maximum atomic E-state index is 3.12. The molecule has 0 saturated heterocycles. The minimum absolute atomic E-state index is 0.0303. The molecule has 2 aliphatic heterocycles. The molecule has 18 rings (SSSR count). The summed E-state index contributed by atoms with van der Waals surface area (Å²) in [6.45, 7) is 58.3. The third kappa shape index (κ3) is 15.1. The Balaban J connectivity index is 0.973. The highest BCUT2D eigenvalue weighted by Gasteiger charge is 2.52. The van der Waals surface area contributed by atoms with E-state index in [1.807, 2.05) is 0 Å². The summed E-state index contributed by atoms with van der Waals surface area (Å²) in [6, 6.07) is 63.3. The second-order valence-corrected chi connectivity index (χ2v) is 47.4. The van der Waals surface area contributed by atoms with Crippen LogP contribution < -0.4 is 26.2 Å². The SMILES string of the molecule is CC(C)(C)C1=CCC(C2=CCCC(C3=CCC(C(C)(C)C)CC3)C2N2c3cc(-n4c5ccc(C(C)(C)C)cc5c5cc(C(C)(C)C)ccc54)ccc3B3c4ccc(-n5c6ccc(C(C)(C)C)cc6c6cc(C(C)(C)C)ccc65)cc4N(C4C(C5CC=C(C(C)(C)C)CC5)=CCCC4C4=CCC(C(C)(C)C)CC4)c4cc(-c5ccccc5)cc2c43)CC1. The molecular weight excluding hydrogens is 1460 g/mol. The second-order valence-electron chi connectivity index (χ2n) is 47.4. The third-order valence-electron chi connectivity index (χ3n) is 31.4. The molecule has 10 aromatic rings.